The minimum atomic E-state index is -5.19. The van der Waals surface area contributed by atoms with Gasteiger partial charge in [-0.1, -0.05) is 22.6 Å². The van der Waals surface area contributed by atoms with Crippen molar-refractivity contribution in [1.29, 1.82) is 0 Å². The Bertz CT molecular complexity index is 219. The summed E-state index contributed by atoms with van der Waals surface area (Å²) < 4.78 is 76.2. The Morgan fingerprint density at radius 1 is 0.938 bits per heavy atom. The molecule has 0 aromatic carbocycles. The molecule has 0 amide bonds. The van der Waals surface area contributed by atoms with Crippen molar-refractivity contribution in [1.82, 2.24) is 0 Å². The van der Waals surface area contributed by atoms with Gasteiger partial charge in [-0.3, -0.25) is 0 Å². The van der Waals surface area contributed by atoms with Crippen LogP contribution in [0.15, 0.2) is 0 Å². The van der Waals surface area contributed by atoms with E-state index in [2.05, 4.69) is 0 Å². The van der Waals surface area contributed by atoms with Crippen LogP contribution in [0.1, 0.15) is 25.7 Å². The summed E-state index contributed by atoms with van der Waals surface area (Å²) in [5.41, 5.74) is -3.47. The largest absolute Gasteiger partial charge is 0.403 e. The molecule has 0 unspecified atom stereocenters. The van der Waals surface area contributed by atoms with E-state index in [-0.39, 0.29) is 18.8 Å². The summed E-state index contributed by atoms with van der Waals surface area (Å²) in [6.45, 7) is 0. The monoisotopic (exact) mass is 360 g/mol. The Kier molecular flexibility index (Phi) is 4.07. The molecule has 16 heavy (non-hydrogen) atoms. The van der Waals surface area contributed by atoms with Crippen LogP contribution in [0.2, 0.25) is 0 Å². The van der Waals surface area contributed by atoms with Crippen molar-refractivity contribution in [3.05, 3.63) is 0 Å². The van der Waals surface area contributed by atoms with Crippen LogP contribution in [0.5, 0.6) is 0 Å². The van der Waals surface area contributed by atoms with Crippen LogP contribution in [0, 0.1) is 11.3 Å². The molecule has 7 heteroatoms. The number of hydrogen-bond donors (Lipinski definition) is 0. The zero-order valence-electron chi connectivity index (χ0n) is 8.26. The third kappa shape index (κ3) is 2.43. The normalized spacial score (nSPS) is 23.4. The van der Waals surface area contributed by atoms with Gasteiger partial charge in [0.15, 0.2) is 5.41 Å². The summed E-state index contributed by atoms with van der Waals surface area (Å²) in [4.78, 5) is 0. The summed E-state index contributed by atoms with van der Waals surface area (Å²) >= 11 is 2.00. The lowest BCUT2D eigenvalue weighted by atomic mass is 9.70. The summed E-state index contributed by atoms with van der Waals surface area (Å²) in [6.07, 6.45) is -12.0. The SMILES string of the molecule is FC(F)(F)C1(C(F)(F)F)CCC(CI)CC1. The van der Waals surface area contributed by atoms with Crippen LogP contribution in [0.3, 0.4) is 0 Å². The average molecular weight is 360 g/mol. The minimum absolute atomic E-state index is 0.00194. The molecule has 0 aromatic rings. The fraction of sp³-hybridized carbons (Fsp3) is 1.00. The van der Waals surface area contributed by atoms with Crippen molar-refractivity contribution in [3.8, 4) is 0 Å². The average Bonchev–Trinajstić information content (AvgIpc) is 2.14. The Hall–Kier alpha value is 0.310. The molecule has 0 heterocycles. The van der Waals surface area contributed by atoms with E-state index in [9.17, 15) is 26.3 Å². The van der Waals surface area contributed by atoms with E-state index in [0.29, 0.717) is 4.43 Å². The molecule has 0 saturated heterocycles. The highest BCUT2D eigenvalue weighted by atomic mass is 127. The smallest absolute Gasteiger partial charge is 0.170 e. The van der Waals surface area contributed by atoms with E-state index in [1.54, 1.807) is 0 Å². The summed E-state index contributed by atoms with van der Waals surface area (Å²) in [6, 6.07) is 0. The molecule has 0 spiro atoms. The molecule has 1 fully saturated rings. The van der Waals surface area contributed by atoms with Crippen molar-refractivity contribution in [3.63, 3.8) is 0 Å². The number of hydrogen-bond acceptors (Lipinski definition) is 0. The fourth-order valence-corrected chi connectivity index (χ4v) is 2.93. The molecule has 0 nitrogen and oxygen atoms in total. The Labute approximate surface area is 103 Å². The number of rotatable bonds is 1. The lowest BCUT2D eigenvalue weighted by Gasteiger charge is -2.42. The highest BCUT2D eigenvalue weighted by Crippen LogP contribution is 2.59. The molecule has 0 aliphatic heterocycles. The first kappa shape index (κ1) is 14.4. The van der Waals surface area contributed by atoms with Gasteiger partial charge in [0.2, 0.25) is 0 Å². The molecule has 0 radical (unpaired) electrons. The van der Waals surface area contributed by atoms with Crippen molar-refractivity contribution < 1.29 is 26.3 Å². The van der Waals surface area contributed by atoms with E-state index in [1.807, 2.05) is 22.6 Å². The predicted octanol–water partition coefficient (Wildman–Crippen LogP) is 4.72. The molecular weight excluding hydrogens is 349 g/mol. The van der Waals surface area contributed by atoms with Gasteiger partial charge < -0.3 is 0 Å². The van der Waals surface area contributed by atoms with Crippen LogP contribution >= 0.6 is 22.6 Å². The maximum atomic E-state index is 12.6. The molecule has 0 N–H and O–H groups in total. The van der Waals surface area contributed by atoms with Gasteiger partial charge in [-0.15, -0.1) is 0 Å². The third-order valence-electron chi connectivity index (χ3n) is 3.26. The first-order valence-electron chi connectivity index (χ1n) is 4.83. The second-order valence-corrected chi connectivity index (χ2v) is 5.06. The quantitative estimate of drug-likeness (QED) is 0.361. The fourth-order valence-electron chi connectivity index (χ4n) is 2.05. The van der Waals surface area contributed by atoms with E-state index in [0.717, 1.165) is 0 Å². The lowest BCUT2D eigenvalue weighted by Crippen LogP contribution is -2.52. The molecule has 1 aliphatic rings. The maximum Gasteiger partial charge on any atom is 0.403 e. The first-order chi connectivity index (χ1) is 7.14. The summed E-state index contributed by atoms with van der Waals surface area (Å²) in [5.74, 6) is -0.0153. The third-order valence-corrected chi connectivity index (χ3v) is 4.51. The minimum Gasteiger partial charge on any atom is -0.170 e. The van der Waals surface area contributed by atoms with Gasteiger partial charge in [0.1, 0.15) is 0 Å². The second kappa shape index (κ2) is 4.53. The molecule has 0 aromatic heterocycles. The van der Waals surface area contributed by atoms with Crippen LogP contribution in [-0.2, 0) is 0 Å². The van der Waals surface area contributed by atoms with Crippen LogP contribution in [0.4, 0.5) is 26.3 Å². The lowest BCUT2D eigenvalue weighted by molar-refractivity contribution is -0.351. The van der Waals surface area contributed by atoms with Gasteiger partial charge in [0.05, 0.1) is 0 Å². The molecular formula is C9H11F6I. The molecule has 0 bridgehead atoms. The van der Waals surface area contributed by atoms with Crippen molar-refractivity contribution in [2.45, 2.75) is 38.0 Å². The standard InChI is InChI=1S/C9H11F6I/c10-8(11,12)7(9(13,14)15)3-1-6(5-16)2-4-7/h6H,1-5H2. The van der Waals surface area contributed by atoms with Gasteiger partial charge in [0.25, 0.3) is 0 Å². The van der Waals surface area contributed by atoms with Crippen molar-refractivity contribution >= 4 is 22.6 Å². The molecule has 1 rings (SSSR count). The van der Waals surface area contributed by atoms with Crippen molar-refractivity contribution in [2.75, 3.05) is 4.43 Å². The summed E-state index contributed by atoms with van der Waals surface area (Å²) in [7, 11) is 0. The molecule has 96 valence electrons. The first-order valence-corrected chi connectivity index (χ1v) is 6.36. The van der Waals surface area contributed by atoms with E-state index < -0.39 is 30.6 Å². The summed E-state index contributed by atoms with van der Waals surface area (Å²) in [5, 5.41) is 0. The van der Waals surface area contributed by atoms with E-state index in [4.69, 9.17) is 0 Å². The molecule has 1 saturated carbocycles. The number of halogens is 7. The second-order valence-electron chi connectivity index (χ2n) is 4.18. The van der Waals surface area contributed by atoms with Crippen LogP contribution in [-0.4, -0.2) is 16.8 Å². The van der Waals surface area contributed by atoms with Gasteiger partial charge >= 0.3 is 12.4 Å². The zero-order chi connectivity index (χ0) is 12.6. The predicted molar refractivity (Wildman–Crippen MR) is 55.4 cm³/mol. The van der Waals surface area contributed by atoms with Gasteiger partial charge in [-0.25, -0.2) is 0 Å². The van der Waals surface area contributed by atoms with Gasteiger partial charge in [-0.2, -0.15) is 26.3 Å². The highest BCUT2D eigenvalue weighted by molar-refractivity contribution is 14.1. The zero-order valence-corrected chi connectivity index (χ0v) is 10.4. The van der Waals surface area contributed by atoms with Crippen molar-refractivity contribution in [2.24, 2.45) is 11.3 Å². The molecule has 1 aliphatic carbocycles. The molecule has 0 atom stereocenters. The van der Waals surface area contributed by atoms with E-state index in [1.165, 1.54) is 0 Å². The Balaban J connectivity index is 2.93. The Morgan fingerprint density at radius 2 is 1.31 bits per heavy atom. The van der Waals surface area contributed by atoms with Crippen LogP contribution in [0.25, 0.3) is 0 Å². The van der Waals surface area contributed by atoms with E-state index >= 15 is 0 Å². The Morgan fingerprint density at radius 3 is 1.56 bits per heavy atom. The highest BCUT2D eigenvalue weighted by Gasteiger charge is 2.70. The maximum absolute atomic E-state index is 12.6. The van der Waals surface area contributed by atoms with Crippen LogP contribution < -0.4 is 0 Å². The number of alkyl halides is 7. The topological polar surface area (TPSA) is 0 Å². The van der Waals surface area contributed by atoms with Gasteiger partial charge in [-0.05, 0) is 31.6 Å². The van der Waals surface area contributed by atoms with Gasteiger partial charge in [0, 0.05) is 4.43 Å².